The Labute approximate surface area is 140 Å². The number of hydrogen-bond donors (Lipinski definition) is 2. The minimum Gasteiger partial charge on any atom is -0.454 e. The van der Waals surface area contributed by atoms with Crippen LogP contribution in [0.15, 0.2) is 24.3 Å². The number of nitrogens with one attached hydrogen (secondary N) is 2. The monoisotopic (exact) mass is 338 g/mol. The number of rotatable bonds is 8. The van der Waals surface area contributed by atoms with Gasteiger partial charge >= 0.3 is 5.97 Å². The molecule has 0 bridgehead atoms. The molecular weight excluding hydrogens is 315 g/mol. The SMILES string of the molecule is CCCNC(=O)COC(=O)[C@@H](NC(=O)c1ccc(F)cc1)C(C)C. The third-order valence-corrected chi connectivity index (χ3v) is 3.23. The number of hydrogen-bond acceptors (Lipinski definition) is 4. The highest BCUT2D eigenvalue weighted by Crippen LogP contribution is 2.08. The standard InChI is InChI=1S/C17H23FN2O4/c1-4-9-19-14(21)10-24-17(23)15(11(2)3)20-16(22)12-5-7-13(18)8-6-12/h5-8,11,15H,4,9-10H2,1-3H3,(H,19,21)(H,20,22)/t15-/m0/s1. The van der Waals surface area contributed by atoms with Gasteiger partial charge in [0, 0.05) is 12.1 Å². The van der Waals surface area contributed by atoms with E-state index in [9.17, 15) is 18.8 Å². The Balaban J connectivity index is 2.62. The first-order valence-electron chi connectivity index (χ1n) is 7.85. The van der Waals surface area contributed by atoms with Crippen molar-refractivity contribution in [2.75, 3.05) is 13.2 Å². The number of esters is 1. The third-order valence-electron chi connectivity index (χ3n) is 3.23. The van der Waals surface area contributed by atoms with Crippen LogP contribution in [-0.2, 0) is 14.3 Å². The van der Waals surface area contributed by atoms with E-state index in [1.807, 2.05) is 6.92 Å². The number of carbonyl (C=O) groups excluding carboxylic acids is 3. The Morgan fingerprint density at radius 3 is 2.33 bits per heavy atom. The summed E-state index contributed by atoms with van der Waals surface area (Å²) in [6.45, 7) is 5.51. The van der Waals surface area contributed by atoms with Gasteiger partial charge in [-0.15, -0.1) is 0 Å². The summed E-state index contributed by atoms with van der Waals surface area (Å²) in [4.78, 5) is 35.7. The smallest absolute Gasteiger partial charge is 0.329 e. The molecule has 2 N–H and O–H groups in total. The molecule has 1 rings (SSSR count). The van der Waals surface area contributed by atoms with Gasteiger partial charge in [0.25, 0.3) is 11.8 Å². The van der Waals surface area contributed by atoms with Crippen LogP contribution in [0.2, 0.25) is 0 Å². The molecule has 0 heterocycles. The molecule has 0 spiro atoms. The Kier molecular flexibility index (Phi) is 7.88. The highest BCUT2D eigenvalue weighted by molar-refractivity contribution is 5.97. The Hall–Kier alpha value is -2.44. The largest absolute Gasteiger partial charge is 0.454 e. The van der Waals surface area contributed by atoms with Crippen LogP contribution >= 0.6 is 0 Å². The zero-order valence-corrected chi connectivity index (χ0v) is 14.1. The fourth-order valence-corrected chi connectivity index (χ4v) is 1.87. The fraction of sp³-hybridized carbons (Fsp3) is 0.471. The molecule has 0 radical (unpaired) electrons. The highest BCUT2D eigenvalue weighted by Gasteiger charge is 2.26. The van der Waals surface area contributed by atoms with Gasteiger partial charge in [0.05, 0.1) is 0 Å². The van der Waals surface area contributed by atoms with Crippen LogP contribution in [-0.4, -0.2) is 37.0 Å². The van der Waals surface area contributed by atoms with E-state index in [-0.39, 0.29) is 11.5 Å². The summed E-state index contributed by atoms with van der Waals surface area (Å²) < 4.78 is 17.8. The maximum Gasteiger partial charge on any atom is 0.329 e. The van der Waals surface area contributed by atoms with Crippen LogP contribution < -0.4 is 10.6 Å². The molecule has 0 saturated heterocycles. The lowest BCUT2D eigenvalue weighted by molar-refractivity contribution is -0.151. The molecule has 1 aromatic rings. The molecular formula is C17H23FN2O4. The summed E-state index contributed by atoms with van der Waals surface area (Å²) in [7, 11) is 0. The van der Waals surface area contributed by atoms with Gasteiger partial charge in [-0.1, -0.05) is 20.8 Å². The van der Waals surface area contributed by atoms with Crippen LogP contribution in [0.5, 0.6) is 0 Å². The van der Waals surface area contributed by atoms with Gasteiger partial charge in [-0.05, 0) is 36.6 Å². The van der Waals surface area contributed by atoms with Crippen molar-refractivity contribution in [2.45, 2.75) is 33.2 Å². The summed E-state index contributed by atoms with van der Waals surface area (Å²) in [6.07, 6.45) is 0.780. The maximum absolute atomic E-state index is 12.9. The Morgan fingerprint density at radius 1 is 1.17 bits per heavy atom. The normalized spacial score (nSPS) is 11.7. The number of halogens is 1. The molecule has 0 aliphatic carbocycles. The lowest BCUT2D eigenvalue weighted by atomic mass is 10.0. The van der Waals surface area contributed by atoms with Crippen molar-refractivity contribution in [2.24, 2.45) is 5.92 Å². The van der Waals surface area contributed by atoms with Crippen LogP contribution in [0, 0.1) is 11.7 Å². The predicted octanol–water partition coefficient (Wildman–Crippen LogP) is 1.65. The summed E-state index contributed by atoms with van der Waals surface area (Å²) in [6, 6.07) is 4.07. The molecule has 1 aromatic carbocycles. The first kappa shape index (κ1) is 19.6. The van der Waals surface area contributed by atoms with Gasteiger partial charge in [-0.2, -0.15) is 0 Å². The van der Waals surface area contributed by atoms with E-state index >= 15 is 0 Å². The van der Waals surface area contributed by atoms with Crippen molar-refractivity contribution < 1.29 is 23.5 Å². The lowest BCUT2D eigenvalue weighted by Gasteiger charge is -2.20. The first-order valence-corrected chi connectivity index (χ1v) is 7.85. The summed E-state index contributed by atoms with van der Waals surface area (Å²) in [5.74, 6) is -2.28. The molecule has 1 atom stereocenters. The van der Waals surface area contributed by atoms with Crippen LogP contribution in [0.1, 0.15) is 37.6 Å². The van der Waals surface area contributed by atoms with E-state index in [4.69, 9.17) is 4.74 Å². The van der Waals surface area contributed by atoms with Gasteiger partial charge in [0.2, 0.25) is 0 Å². The first-order chi connectivity index (χ1) is 11.3. The van der Waals surface area contributed by atoms with Crippen molar-refractivity contribution >= 4 is 17.8 Å². The van der Waals surface area contributed by atoms with E-state index < -0.39 is 36.2 Å². The molecule has 7 heteroatoms. The lowest BCUT2D eigenvalue weighted by Crippen LogP contribution is -2.46. The van der Waals surface area contributed by atoms with Crippen molar-refractivity contribution in [1.29, 1.82) is 0 Å². The fourth-order valence-electron chi connectivity index (χ4n) is 1.87. The van der Waals surface area contributed by atoms with Gasteiger partial charge in [0.15, 0.2) is 6.61 Å². The van der Waals surface area contributed by atoms with Gasteiger partial charge in [-0.25, -0.2) is 9.18 Å². The van der Waals surface area contributed by atoms with E-state index in [0.29, 0.717) is 6.54 Å². The number of ether oxygens (including phenoxy) is 1. The minimum absolute atomic E-state index is 0.232. The van der Waals surface area contributed by atoms with Gasteiger partial charge in [0.1, 0.15) is 11.9 Å². The molecule has 6 nitrogen and oxygen atoms in total. The summed E-state index contributed by atoms with van der Waals surface area (Å²) in [5, 5.41) is 5.14. The molecule has 0 unspecified atom stereocenters. The van der Waals surface area contributed by atoms with Crippen molar-refractivity contribution in [3.63, 3.8) is 0 Å². The van der Waals surface area contributed by atoms with E-state index in [0.717, 1.165) is 18.6 Å². The maximum atomic E-state index is 12.9. The molecule has 0 fully saturated rings. The zero-order valence-electron chi connectivity index (χ0n) is 14.1. The van der Waals surface area contributed by atoms with Crippen molar-refractivity contribution in [3.05, 3.63) is 35.6 Å². The summed E-state index contributed by atoms with van der Waals surface area (Å²) >= 11 is 0. The van der Waals surface area contributed by atoms with Gasteiger partial charge in [-0.3, -0.25) is 9.59 Å². The van der Waals surface area contributed by atoms with E-state index in [1.54, 1.807) is 13.8 Å². The Morgan fingerprint density at radius 2 is 1.79 bits per heavy atom. The molecule has 0 aliphatic heterocycles. The average molecular weight is 338 g/mol. The number of carbonyl (C=O) groups is 3. The molecule has 2 amide bonds. The molecule has 0 aromatic heterocycles. The topological polar surface area (TPSA) is 84.5 Å². The van der Waals surface area contributed by atoms with Crippen LogP contribution in [0.25, 0.3) is 0 Å². The number of benzene rings is 1. The average Bonchev–Trinajstić information content (AvgIpc) is 2.55. The second kappa shape index (κ2) is 9.64. The highest BCUT2D eigenvalue weighted by atomic mass is 19.1. The second-order valence-electron chi connectivity index (χ2n) is 5.66. The predicted molar refractivity (Wildman–Crippen MR) is 86.8 cm³/mol. The van der Waals surface area contributed by atoms with Crippen molar-refractivity contribution in [1.82, 2.24) is 10.6 Å². The third kappa shape index (κ3) is 6.36. The zero-order chi connectivity index (χ0) is 18.1. The minimum atomic E-state index is -0.901. The molecule has 0 saturated carbocycles. The van der Waals surface area contributed by atoms with Gasteiger partial charge < -0.3 is 15.4 Å². The molecule has 0 aliphatic rings. The number of amides is 2. The quantitative estimate of drug-likeness (QED) is 0.706. The second-order valence-corrected chi connectivity index (χ2v) is 5.66. The molecule has 132 valence electrons. The molecule has 24 heavy (non-hydrogen) atoms. The Bertz CT molecular complexity index is 572. The van der Waals surface area contributed by atoms with Crippen LogP contribution in [0.3, 0.4) is 0 Å². The van der Waals surface area contributed by atoms with E-state index in [2.05, 4.69) is 10.6 Å². The summed E-state index contributed by atoms with van der Waals surface area (Å²) in [5.41, 5.74) is 0.232. The van der Waals surface area contributed by atoms with Crippen LogP contribution in [0.4, 0.5) is 4.39 Å². The van der Waals surface area contributed by atoms with E-state index in [1.165, 1.54) is 12.1 Å². The van der Waals surface area contributed by atoms with Crippen molar-refractivity contribution in [3.8, 4) is 0 Å².